The monoisotopic (exact) mass is 337 g/mol. The summed E-state index contributed by atoms with van der Waals surface area (Å²) in [6.45, 7) is 6.72. The highest BCUT2D eigenvalue weighted by molar-refractivity contribution is 5.88. The van der Waals surface area contributed by atoms with Gasteiger partial charge in [-0.1, -0.05) is 36.4 Å². The summed E-state index contributed by atoms with van der Waals surface area (Å²) in [6.07, 6.45) is 2.66. The molecule has 2 aromatic rings. The number of rotatable bonds is 7. The van der Waals surface area contributed by atoms with Crippen LogP contribution < -0.4 is 10.6 Å². The van der Waals surface area contributed by atoms with Gasteiger partial charge in [-0.15, -0.1) is 0 Å². The maximum Gasteiger partial charge on any atom is 0.221 e. The van der Waals surface area contributed by atoms with E-state index in [2.05, 4.69) is 51.9 Å². The third-order valence-electron chi connectivity index (χ3n) is 4.63. The molecule has 1 saturated heterocycles. The lowest BCUT2D eigenvalue weighted by molar-refractivity contribution is -0.114. The van der Waals surface area contributed by atoms with Crippen LogP contribution in [0.2, 0.25) is 0 Å². The first-order valence-corrected chi connectivity index (χ1v) is 9.07. The molecule has 0 unspecified atom stereocenters. The maximum absolute atomic E-state index is 11.1. The SMILES string of the molecule is CC(=O)Nc1ccc(CNCc2ccccc2CN2CCCC2)cc1. The summed E-state index contributed by atoms with van der Waals surface area (Å²) in [5.41, 5.74) is 4.86. The Morgan fingerprint density at radius 3 is 2.32 bits per heavy atom. The molecular formula is C21H27N3O. The van der Waals surface area contributed by atoms with E-state index in [-0.39, 0.29) is 5.91 Å². The Bertz CT molecular complexity index is 691. The van der Waals surface area contributed by atoms with E-state index in [4.69, 9.17) is 0 Å². The summed E-state index contributed by atoms with van der Waals surface area (Å²) < 4.78 is 0. The van der Waals surface area contributed by atoms with Gasteiger partial charge in [0.05, 0.1) is 0 Å². The number of nitrogens with one attached hydrogen (secondary N) is 2. The summed E-state index contributed by atoms with van der Waals surface area (Å²) in [5.74, 6) is -0.0412. The highest BCUT2D eigenvalue weighted by Crippen LogP contribution is 2.16. The fourth-order valence-electron chi connectivity index (χ4n) is 3.32. The number of nitrogens with zero attached hydrogens (tertiary/aromatic N) is 1. The molecule has 2 aromatic carbocycles. The van der Waals surface area contributed by atoms with Crippen molar-refractivity contribution in [2.75, 3.05) is 18.4 Å². The molecule has 0 spiro atoms. The van der Waals surface area contributed by atoms with Gasteiger partial charge in [0.1, 0.15) is 0 Å². The van der Waals surface area contributed by atoms with Gasteiger partial charge in [0.15, 0.2) is 0 Å². The molecule has 3 rings (SSSR count). The van der Waals surface area contributed by atoms with Crippen LogP contribution in [0.1, 0.15) is 36.5 Å². The van der Waals surface area contributed by atoms with E-state index in [1.54, 1.807) is 0 Å². The summed E-state index contributed by atoms with van der Waals surface area (Å²) in [4.78, 5) is 13.6. The highest BCUT2D eigenvalue weighted by atomic mass is 16.1. The van der Waals surface area contributed by atoms with Crippen LogP contribution in [-0.4, -0.2) is 23.9 Å². The van der Waals surface area contributed by atoms with Crippen molar-refractivity contribution in [3.8, 4) is 0 Å². The molecule has 0 bridgehead atoms. The summed E-state index contributed by atoms with van der Waals surface area (Å²) in [5, 5.41) is 6.33. The first-order chi connectivity index (χ1) is 12.2. The zero-order valence-electron chi connectivity index (χ0n) is 14.9. The van der Waals surface area contributed by atoms with Crippen molar-refractivity contribution >= 4 is 11.6 Å². The van der Waals surface area contributed by atoms with Crippen LogP contribution in [0, 0.1) is 0 Å². The van der Waals surface area contributed by atoms with E-state index >= 15 is 0 Å². The molecule has 1 heterocycles. The fraction of sp³-hybridized carbons (Fsp3) is 0.381. The topological polar surface area (TPSA) is 44.4 Å². The van der Waals surface area contributed by atoms with Crippen molar-refractivity contribution in [3.05, 3.63) is 65.2 Å². The van der Waals surface area contributed by atoms with Crippen molar-refractivity contribution in [1.29, 1.82) is 0 Å². The Hall–Kier alpha value is -2.17. The summed E-state index contributed by atoms with van der Waals surface area (Å²) in [6, 6.07) is 16.7. The average molecular weight is 337 g/mol. The molecule has 1 fully saturated rings. The second-order valence-electron chi connectivity index (χ2n) is 6.73. The number of amides is 1. The molecule has 1 aliphatic rings. The molecule has 0 aliphatic carbocycles. The maximum atomic E-state index is 11.1. The number of benzene rings is 2. The largest absolute Gasteiger partial charge is 0.326 e. The van der Waals surface area contributed by atoms with Crippen LogP contribution in [0.4, 0.5) is 5.69 Å². The fourth-order valence-corrected chi connectivity index (χ4v) is 3.32. The molecule has 4 heteroatoms. The van der Waals surface area contributed by atoms with Gasteiger partial charge < -0.3 is 10.6 Å². The van der Waals surface area contributed by atoms with Crippen LogP contribution in [0.15, 0.2) is 48.5 Å². The number of carbonyl (C=O) groups excluding carboxylic acids is 1. The number of anilines is 1. The molecule has 25 heavy (non-hydrogen) atoms. The van der Waals surface area contributed by atoms with E-state index in [0.29, 0.717) is 0 Å². The van der Waals surface area contributed by atoms with Gasteiger partial charge >= 0.3 is 0 Å². The van der Waals surface area contributed by atoms with Crippen molar-refractivity contribution < 1.29 is 4.79 Å². The van der Waals surface area contributed by atoms with E-state index < -0.39 is 0 Å². The molecular weight excluding hydrogens is 310 g/mol. The third kappa shape index (κ3) is 5.41. The van der Waals surface area contributed by atoms with Crippen LogP contribution in [0.5, 0.6) is 0 Å². The van der Waals surface area contributed by atoms with E-state index in [1.807, 2.05) is 12.1 Å². The van der Waals surface area contributed by atoms with Crippen molar-refractivity contribution in [2.45, 2.75) is 39.4 Å². The highest BCUT2D eigenvalue weighted by Gasteiger charge is 2.13. The van der Waals surface area contributed by atoms with Crippen molar-refractivity contribution in [1.82, 2.24) is 10.2 Å². The van der Waals surface area contributed by atoms with Gasteiger partial charge in [-0.05, 0) is 54.8 Å². The Balaban J connectivity index is 1.52. The minimum Gasteiger partial charge on any atom is -0.326 e. The predicted octanol–water partition coefficient (Wildman–Crippen LogP) is 3.53. The van der Waals surface area contributed by atoms with Crippen LogP contribution in [-0.2, 0) is 24.4 Å². The van der Waals surface area contributed by atoms with Crippen LogP contribution >= 0.6 is 0 Å². The first kappa shape index (κ1) is 17.6. The zero-order chi connectivity index (χ0) is 17.5. The number of likely N-dealkylation sites (tertiary alicyclic amines) is 1. The lowest BCUT2D eigenvalue weighted by atomic mass is 10.1. The van der Waals surface area contributed by atoms with Gasteiger partial charge in [0.25, 0.3) is 0 Å². The van der Waals surface area contributed by atoms with Gasteiger partial charge in [-0.2, -0.15) is 0 Å². The van der Waals surface area contributed by atoms with Crippen LogP contribution in [0.3, 0.4) is 0 Å². The quantitative estimate of drug-likeness (QED) is 0.812. The standard InChI is InChI=1S/C21H27N3O/c1-17(25)23-21-10-8-18(9-11-21)14-22-15-19-6-2-3-7-20(19)16-24-12-4-5-13-24/h2-3,6-11,22H,4-5,12-16H2,1H3,(H,23,25). The number of hydrogen-bond acceptors (Lipinski definition) is 3. The Morgan fingerprint density at radius 1 is 0.960 bits per heavy atom. The van der Waals surface area contributed by atoms with Crippen molar-refractivity contribution in [3.63, 3.8) is 0 Å². The molecule has 0 aromatic heterocycles. The third-order valence-corrected chi connectivity index (χ3v) is 4.63. The zero-order valence-corrected chi connectivity index (χ0v) is 14.9. The van der Waals surface area contributed by atoms with Gasteiger partial charge in [-0.25, -0.2) is 0 Å². The minimum absolute atomic E-state index is 0.0412. The van der Waals surface area contributed by atoms with Gasteiger partial charge in [0, 0.05) is 32.2 Å². The summed E-state index contributed by atoms with van der Waals surface area (Å²) >= 11 is 0. The Labute approximate surface area is 150 Å². The van der Waals surface area contributed by atoms with E-state index in [0.717, 1.165) is 25.3 Å². The molecule has 1 aliphatic heterocycles. The molecule has 0 saturated carbocycles. The Morgan fingerprint density at radius 2 is 1.64 bits per heavy atom. The first-order valence-electron chi connectivity index (χ1n) is 9.07. The minimum atomic E-state index is -0.0412. The molecule has 0 radical (unpaired) electrons. The molecule has 2 N–H and O–H groups in total. The second-order valence-corrected chi connectivity index (χ2v) is 6.73. The molecule has 0 atom stereocenters. The predicted molar refractivity (Wildman–Crippen MR) is 102 cm³/mol. The van der Waals surface area contributed by atoms with E-state index in [9.17, 15) is 4.79 Å². The smallest absolute Gasteiger partial charge is 0.221 e. The normalized spacial score (nSPS) is 14.6. The molecule has 132 valence electrons. The number of hydrogen-bond donors (Lipinski definition) is 2. The molecule has 1 amide bonds. The van der Waals surface area contributed by atoms with Crippen molar-refractivity contribution in [2.24, 2.45) is 0 Å². The lowest BCUT2D eigenvalue weighted by Gasteiger charge is -2.17. The second kappa shape index (κ2) is 8.79. The number of carbonyl (C=O) groups is 1. The molecule has 4 nitrogen and oxygen atoms in total. The van der Waals surface area contributed by atoms with Crippen LogP contribution in [0.25, 0.3) is 0 Å². The van der Waals surface area contributed by atoms with Gasteiger partial charge in [-0.3, -0.25) is 9.69 Å². The summed E-state index contributed by atoms with van der Waals surface area (Å²) in [7, 11) is 0. The lowest BCUT2D eigenvalue weighted by Crippen LogP contribution is -2.21. The average Bonchev–Trinajstić information content (AvgIpc) is 3.11. The Kier molecular flexibility index (Phi) is 6.20. The van der Waals surface area contributed by atoms with E-state index in [1.165, 1.54) is 49.5 Å². The van der Waals surface area contributed by atoms with Gasteiger partial charge in [0.2, 0.25) is 5.91 Å².